The third-order valence-electron chi connectivity index (χ3n) is 4.04. The molecule has 0 aromatic heterocycles. The number of halogens is 1. The number of hydrogen-bond acceptors (Lipinski definition) is 5. The minimum atomic E-state index is -3.31. The summed E-state index contributed by atoms with van der Waals surface area (Å²) in [5, 5.41) is 1.15. The van der Waals surface area contributed by atoms with Gasteiger partial charge in [0.1, 0.15) is 11.5 Å². The summed E-state index contributed by atoms with van der Waals surface area (Å²) in [5.41, 5.74) is 0.576. The zero-order chi connectivity index (χ0) is 19.4. The minimum absolute atomic E-state index is 0.150. The van der Waals surface area contributed by atoms with Crippen molar-refractivity contribution >= 4 is 37.4 Å². The molecule has 0 aliphatic carbocycles. The van der Waals surface area contributed by atoms with Gasteiger partial charge in [-0.1, -0.05) is 15.9 Å². The van der Waals surface area contributed by atoms with Gasteiger partial charge >= 0.3 is 0 Å². The summed E-state index contributed by atoms with van der Waals surface area (Å²) in [7, 11) is -1.76. The third-order valence-corrected chi connectivity index (χ3v) is 5.94. The van der Waals surface area contributed by atoms with Gasteiger partial charge < -0.3 is 14.4 Å². The van der Waals surface area contributed by atoms with Crippen molar-refractivity contribution in [2.24, 2.45) is 0 Å². The number of carbonyl (C=O) groups excluding carboxylic acids is 1. The molecule has 8 heteroatoms. The summed E-state index contributed by atoms with van der Waals surface area (Å²) in [5.74, 6) is 0.709. The van der Waals surface area contributed by atoms with Crippen LogP contribution in [0.4, 0.5) is 5.69 Å². The fraction of sp³-hybridized carbons (Fsp3) is 0.211. The van der Waals surface area contributed by atoms with Gasteiger partial charge in [0.15, 0.2) is 16.4 Å². The number of benzene rings is 2. The van der Waals surface area contributed by atoms with Crippen molar-refractivity contribution < 1.29 is 22.7 Å². The Morgan fingerprint density at radius 1 is 1.11 bits per heavy atom. The molecule has 0 radical (unpaired) electrons. The second-order valence-corrected chi connectivity index (χ2v) is 8.78. The van der Waals surface area contributed by atoms with Crippen LogP contribution in [0.2, 0.25) is 0 Å². The molecule has 6 nitrogen and oxygen atoms in total. The van der Waals surface area contributed by atoms with Crippen LogP contribution in [-0.4, -0.2) is 39.8 Å². The molecule has 0 unspecified atom stereocenters. The number of nitrogens with zero attached hydrogens (tertiary/aromatic N) is 1. The topological polar surface area (TPSA) is 72.9 Å². The van der Waals surface area contributed by atoms with Gasteiger partial charge in [0, 0.05) is 15.6 Å². The molecule has 27 heavy (non-hydrogen) atoms. The highest BCUT2D eigenvalue weighted by atomic mass is 79.9. The normalized spacial score (nSPS) is 17.5. The number of carbonyl (C=O) groups is 1. The number of hydrogen-bond donors (Lipinski definition) is 0. The molecule has 142 valence electrons. The molecule has 1 aliphatic rings. The Morgan fingerprint density at radius 2 is 1.74 bits per heavy atom. The van der Waals surface area contributed by atoms with Crippen LogP contribution < -0.4 is 14.4 Å². The van der Waals surface area contributed by atoms with E-state index in [2.05, 4.69) is 15.9 Å². The minimum Gasteiger partial charge on any atom is -0.497 e. The second kappa shape index (κ2) is 8.14. The summed E-state index contributed by atoms with van der Waals surface area (Å²) >= 11 is 3.34. The van der Waals surface area contributed by atoms with E-state index in [9.17, 15) is 13.2 Å². The van der Waals surface area contributed by atoms with Gasteiger partial charge in [-0.3, -0.25) is 4.79 Å². The molecule has 0 bridgehead atoms. The SMILES string of the molecule is COc1ccc(N(C(=O)COc2ccc(Br)cc2)[C@@H]2C=CS(=O)(=O)C2)cc1. The molecule has 1 aliphatic heterocycles. The molecule has 2 aromatic rings. The summed E-state index contributed by atoms with van der Waals surface area (Å²) in [6.45, 7) is -0.210. The highest BCUT2D eigenvalue weighted by Crippen LogP contribution is 2.25. The summed E-state index contributed by atoms with van der Waals surface area (Å²) in [6.07, 6.45) is 1.52. The van der Waals surface area contributed by atoms with E-state index in [1.807, 2.05) is 12.1 Å². The Balaban J connectivity index is 1.80. The van der Waals surface area contributed by atoms with E-state index in [0.29, 0.717) is 17.2 Å². The highest BCUT2D eigenvalue weighted by molar-refractivity contribution is 9.10. The molecule has 0 saturated heterocycles. The first-order valence-corrected chi connectivity index (χ1v) is 10.6. The molecular weight excluding hydrogens is 434 g/mol. The molecular formula is C19H18BrNO5S. The monoisotopic (exact) mass is 451 g/mol. The summed E-state index contributed by atoms with van der Waals surface area (Å²) in [6, 6.07) is 13.4. The first-order valence-electron chi connectivity index (χ1n) is 8.13. The Kier molecular flexibility index (Phi) is 5.86. The molecule has 0 saturated carbocycles. The number of anilines is 1. The molecule has 0 N–H and O–H groups in total. The van der Waals surface area contributed by atoms with Crippen molar-refractivity contribution in [3.63, 3.8) is 0 Å². The Morgan fingerprint density at radius 3 is 2.30 bits per heavy atom. The zero-order valence-corrected chi connectivity index (χ0v) is 16.9. The van der Waals surface area contributed by atoms with Crippen LogP contribution in [0.25, 0.3) is 0 Å². The van der Waals surface area contributed by atoms with E-state index in [1.165, 1.54) is 11.0 Å². The van der Waals surface area contributed by atoms with Crippen LogP contribution in [0.1, 0.15) is 0 Å². The van der Waals surface area contributed by atoms with E-state index in [1.54, 1.807) is 43.5 Å². The number of ether oxygens (including phenoxy) is 2. The van der Waals surface area contributed by atoms with Crippen LogP contribution in [0, 0.1) is 0 Å². The van der Waals surface area contributed by atoms with Crippen molar-refractivity contribution in [1.29, 1.82) is 0 Å². The van der Waals surface area contributed by atoms with Crippen molar-refractivity contribution in [1.82, 2.24) is 0 Å². The highest BCUT2D eigenvalue weighted by Gasteiger charge is 2.31. The van der Waals surface area contributed by atoms with Crippen molar-refractivity contribution in [2.75, 3.05) is 24.4 Å². The van der Waals surface area contributed by atoms with Gasteiger partial charge in [0.05, 0.1) is 18.9 Å². The van der Waals surface area contributed by atoms with E-state index < -0.39 is 15.9 Å². The van der Waals surface area contributed by atoms with Crippen molar-refractivity contribution in [3.8, 4) is 11.5 Å². The fourth-order valence-electron chi connectivity index (χ4n) is 2.73. The van der Waals surface area contributed by atoms with Crippen LogP contribution in [0.15, 0.2) is 64.5 Å². The molecule has 1 amide bonds. The summed E-state index contributed by atoms with van der Waals surface area (Å²) in [4.78, 5) is 14.3. The summed E-state index contributed by atoms with van der Waals surface area (Å²) < 4.78 is 35.3. The largest absolute Gasteiger partial charge is 0.497 e. The van der Waals surface area contributed by atoms with Gasteiger partial charge in [0.25, 0.3) is 5.91 Å². The maximum absolute atomic E-state index is 12.9. The molecule has 2 aromatic carbocycles. The predicted octanol–water partition coefficient (Wildman–Crippen LogP) is 3.18. The fourth-order valence-corrected chi connectivity index (χ4v) is 4.26. The van der Waals surface area contributed by atoms with Gasteiger partial charge in [-0.15, -0.1) is 0 Å². The lowest BCUT2D eigenvalue weighted by Gasteiger charge is -2.27. The van der Waals surface area contributed by atoms with Crippen molar-refractivity contribution in [2.45, 2.75) is 6.04 Å². The molecule has 0 spiro atoms. The Hall–Kier alpha value is -2.32. The number of amides is 1. The van der Waals surface area contributed by atoms with Crippen LogP contribution in [-0.2, 0) is 14.6 Å². The molecule has 1 heterocycles. The zero-order valence-electron chi connectivity index (χ0n) is 14.5. The quantitative estimate of drug-likeness (QED) is 0.674. The average Bonchev–Trinajstić information content (AvgIpc) is 3.01. The molecule has 0 fully saturated rings. The Bertz CT molecular complexity index is 939. The lowest BCUT2D eigenvalue weighted by molar-refractivity contribution is -0.120. The van der Waals surface area contributed by atoms with Crippen LogP contribution >= 0.6 is 15.9 Å². The van der Waals surface area contributed by atoms with Gasteiger partial charge in [-0.25, -0.2) is 8.42 Å². The maximum Gasteiger partial charge on any atom is 0.265 e. The lowest BCUT2D eigenvalue weighted by Crippen LogP contribution is -2.43. The predicted molar refractivity (Wildman–Crippen MR) is 107 cm³/mol. The van der Waals surface area contributed by atoms with E-state index in [-0.39, 0.29) is 18.3 Å². The number of rotatable bonds is 6. The average molecular weight is 452 g/mol. The van der Waals surface area contributed by atoms with E-state index >= 15 is 0 Å². The first-order chi connectivity index (χ1) is 12.9. The number of sulfone groups is 1. The first kappa shape index (κ1) is 19.4. The van der Waals surface area contributed by atoms with Crippen molar-refractivity contribution in [3.05, 3.63) is 64.5 Å². The van der Waals surface area contributed by atoms with Gasteiger partial charge in [-0.2, -0.15) is 0 Å². The van der Waals surface area contributed by atoms with E-state index in [4.69, 9.17) is 9.47 Å². The van der Waals surface area contributed by atoms with Gasteiger partial charge in [0.2, 0.25) is 0 Å². The molecule has 1 atom stereocenters. The standard InChI is InChI=1S/C19H18BrNO5S/c1-25-17-8-4-15(5-9-17)21(16-10-11-27(23,24)13-16)19(22)12-26-18-6-2-14(20)3-7-18/h2-11,16H,12-13H2,1H3/t16-/m1/s1. The second-order valence-electron chi connectivity index (χ2n) is 5.93. The molecule has 3 rings (SSSR count). The Labute approximate surface area is 166 Å². The maximum atomic E-state index is 12.9. The van der Waals surface area contributed by atoms with E-state index in [0.717, 1.165) is 9.88 Å². The van der Waals surface area contributed by atoms with Crippen LogP contribution in [0.5, 0.6) is 11.5 Å². The third kappa shape index (κ3) is 4.90. The lowest BCUT2D eigenvalue weighted by atomic mass is 10.2. The van der Waals surface area contributed by atoms with Gasteiger partial charge in [-0.05, 0) is 54.6 Å². The smallest absolute Gasteiger partial charge is 0.265 e. The number of methoxy groups -OCH3 is 1. The van der Waals surface area contributed by atoms with Crippen LogP contribution in [0.3, 0.4) is 0 Å².